The number of nitrogens with two attached hydrogens (primary N) is 1. The zero-order valence-electron chi connectivity index (χ0n) is 13.3. The van der Waals surface area contributed by atoms with E-state index in [0.29, 0.717) is 30.0 Å². The van der Waals surface area contributed by atoms with E-state index in [0.717, 1.165) is 5.69 Å². The minimum Gasteiger partial charge on any atom is -0.450 e. The lowest BCUT2D eigenvalue weighted by Crippen LogP contribution is -2.43. The highest BCUT2D eigenvalue weighted by atomic mass is 16.6. The Morgan fingerprint density at radius 2 is 2.17 bits per heavy atom. The Balaban J connectivity index is 1.99. The van der Waals surface area contributed by atoms with E-state index in [4.69, 9.17) is 10.5 Å². The van der Waals surface area contributed by atoms with Crippen LogP contribution in [0.15, 0.2) is 58.5 Å². The molecule has 1 aromatic carbocycles. The Bertz CT molecular complexity index is 789. The van der Waals surface area contributed by atoms with E-state index in [-0.39, 0.29) is 12.4 Å². The number of carbonyl (C=O) groups excluding carboxylic acids is 1. The lowest BCUT2D eigenvalue weighted by molar-refractivity contribution is 0.116. The van der Waals surface area contributed by atoms with Gasteiger partial charge in [0.2, 0.25) is 0 Å². The van der Waals surface area contributed by atoms with Gasteiger partial charge in [-0.2, -0.15) is 10.4 Å². The molecule has 0 radical (unpaired) electrons. The fraction of sp³-hybridized carbons (Fsp3) is 0.235. The van der Waals surface area contributed by atoms with Crippen LogP contribution in [0, 0.1) is 11.3 Å². The minimum absolute atomic E-state index is 0.270. The first-order valence-corrected chi connectivity index (χ1v) is 7.60. The molecule has 0 unspecified atom stereocenters. The van der Waals surface area contributed by atoms with Gasteiger partial charge in [-0.3, -0.25) is 4.90 Å². The molecule has 0 bridgehead atoms. The molecule has 0 spiro atoms. The molecule has 2 aliphatic heterocycles. The highest BCUT2D eigenvalue weighted by molar-refractivity contribution is 6.09. The maximum absolute atomic E-state index is 11.9. The third kappa shape index (κ3) is 2.70. The summed E-state index contributed by atoms with van der Waals surface area (Å²) in [6.07, 6.45) is 1.38. The lowest BCUT2D eigenvalue weighted by atomic mass is 9.97. The summed E-state index contributed by atoms with van der Waals surface area (Å²) in [6.45, 7) is 2.70. The molecule has 2 heterocycles. The van der Waals surface area contributed by atoms with Gasteiger partial charge in [0.15, 0.2) is 0 Å². The van der Waals surface area contributed by atoms with E-state index >= 15 is 0 Å². The van der Waals surface area contributed by atoms with E-state index in [9.17, 15) is 10.1 Å². The van der Waals surface area contributed by atoms with Gasteiger partial charge in [0, 0.05) is 12.1 Å². The predicted molar refractivity (Wildman–Crippen MR) is 89.9 cm³/mol. The zero-order valence-corrected chi connectivity index (χ0v) is 13.3. The van der Waals surface area contributed by atoms with Crippen LogP contribution in [0.2, 0.25) is 0 Å². The van der Waals surface area contributed by atoms with Crippen LogP contribution in [0.5, 0.6) is 0 Å². The highest BCUT2D eigenvalue weighted by Gasteiger charge is 2.31. The number of fused-ring (bicyclic) bond motifs is 1. The van der Waals surface area contributed by atoms with E-state index in [1.165, 1.54) is 9.91 Å². The molecular formula is C17H17N5O2. The van der Waals surface area contributed by atoms with Crippen molar-refractivity contribution in [1.82, 2.24) is 4.90 Å². The SMILES string of the molecule is CCOC(=O)N1CC=C2C(=NN(c3ccccc3)C(N)=C2C#N)C1. The van der Waals surface area contributed by atoms with Gasteiger partial charge in [0.1, 0.15) is 17.5 Å². The maximum atomic E-state index is 11.9. The van der Waals surface area contributed by atoms with Gasteiger partial charge in [-0.25, -0.2) is 9.80 Å². The van der Waals surface area contributed by atoms with E-state index in [1.54, 1.807) is 13.0 Å². The van der Waals surface area contributed by atoms with Crippen LogP contribution in [0.3, 0.4) is 0 Å². The van der Waals surface area contributed by atoms with Crippen molar-refractivity contribution in [2.75, 3.05) is 24.7 Å². The number of nitriles is 1. The van der Waals surface area contributed by atoms with Gasteiger partial charge in [0.25, 0.3) is 0 Å². The molecule has 7 nitrogen and oxygen atoms in total. The molecule has 0 atom stereocenters. The number of hydrogen-bond donors (Lipinski definition) is 1. The number of rotatable bonds is 2. The third-order valence-electron chi connectivity index (χ3n) is 3.78. The van der Waals surface area contributed by atoms with E-state index in [1.807, 2.05) is 30.3 Å². The van der Waals surface area contributed by atoms with Crippen LogP contribution in [0.1, 0.15) is 6.92 Å². The summed E-state index contributed by atoms with van der Waals surface area (Å²) >= 11 is 0. The van der Waals surface area contributed by atoms with Crippen LogP contribution < -0.4 is 10.7 Å². The van der Waals surface area contributed by atoms with Gasteiger partial charge in [-0.05, 0) is 19.1 Å². The van der Waals surface area contributed by atoms with Crippen molar-refractivity contribution in [2.45, 2.75) is 6.92 Å². The standard InChI is InChI=1S/C17H17N5O2/c1-2-24-17(23)21-9-8-13-14(10-18)16(19)22(20-15(13)11-21)12-6-4-3-5-7-12/h3-8H,2,9,11,19H2,1H3. The third-order valence-corrected chi connectivity index (χ3v) is 3.78. The molecule has 3 rings (SSSR count). The first-order valence-electron chi connectivity index (χ1n) is 7.60. The van der Waals surface area contributed by atoms with Crippen molar-refractivity contribution >= 4 is 17.5 Å². The van der Waals surface area contributed by atoms with Gasteiger partial charge in [-0.1, -0.05) is 24.3 Å². The summed E-state index contributed by atoms with van der Waals surface area (Å²) in [6, 6.07) is 11.5. The molecule has 1 aromatic rings. The average molecular weight is 323 g/mol. The van der Waals surface area contributed by atoms with E-state index < -0.39 is 6.09 Å². The molecule has 0 aliphatic carbocycles. The molecule has 7 heteroatoms. The summed E-state index contributed by atoms with van der Waals surface area (Å²) in [5, 5.41) is 15.6. The number of hydrogen-bond acceptors (Lipinski definition) is 6. The molecule has 0 saturated heterocycles. The van der Waals surface area contributed by atoms with Crippen molar-refractivity contribution in [3.8, 4) is 6.07 Å². The minimum atomic E-state index is -0.400. The topological polar surface area (TPSA) is 94.9 Å². The Kier molecular flexibility index (Phi) is 4.20. The second kappa shape index (κ2) is 6.46. The number of para-hydroxylation sites is 1. The zero-order chi connectivity index (χ0) is 17.1. The van der Waals surface area contributed by atoms with Crippen molar-refractivity contribution in [2.24, 2.45) is 10.8 Å². The smallest absolute Gasteiger partial charge is 0.410 e. The second-order valence-corrected chi connectivity index (χ2v) is 5.26. The molecule has 2 N–H and O–H groups in total. The molecular weight excluding hydrogens is 306 g/mol. The molecule has 2 aliphatic rings. The second-order valence-electron chi connectivity index (χ2n) is 5.26. The maximum Gasteiger partial charge on any atom is 0.410 e. The fourth-order valence-corrected chi connectivity index (χ4v) is 2.64. The van der Waals surface area contributed by atoms with Crippen molar-refractivity contribution in [3.05, 3.63) is 53.4 Å². The van der Waals surface area contributed by atoms with E-state index in [2.05, 4.69) is 11.2 Å². The summed E-state index contributed by atoms with van der Waals surface area (Å²) in [7, 11) is 0. The first kappa shape index (κ1) is 15.6. The van der Waals surface area contributed by atoms with Gasteiger partial charge < -0.3 is 10.5 Å². The molecule has 0 aromatic heterocycles. The number of amides is 1. The number of carbonyl (C=O) groups is 1. The van der Waals surface area contributed by atoms with Crippen molar-refractivity contribution < 1.29 is 9.53 Å². The first-order chi connectivity index (χ1) is 11.7. The molecule has 1 amide bonds. The number of benzene rings is 1. The summed E-state index contributed by atoms with van der Waals surface area (Å²) in [4.78, 5) is 13.5. The average Bonchev–Trinajstić information content (AvgIpc) is 2.62. The molecule has 122 valence electrons. The van der Waals surface area contributed by atoms with Crippen LogP contribution in [-0.2, 0) is 4.74 Å². The van der Waals surface area contributed by atoms with Crippen LogP contribution in [0.4, 0.5) is 10.5 Å². The fourth-order valence-electron chi connectivity index (χ4n) is 2.64. The lowest BCUT2D eigenvalue weighted by Gasteiger charge is -2.32. The summed E-state index contributed by atoms with van der Waals surface area (Å²) in [5.74, 6) is 0.281. The van der Waals surface area contributed by atoms with Gasteiger partial charge in [-0.15, -0.1) is 0 Å². The summed E-state index contributed by atoms with van der Waals surface area (Å²) in [5.41, 5.74) is 8.56. The number of hydrazone groups is 1. The van der Waals surface area contributed by atoms with Crippen LogP contribution in [-0.4, -0.2) is 36.4 Å². The highest BCUT2D eigenvalue weighted by Crippen LogP contribution is 2.29. The Labute approximate surface area is 139 Å². The number of ether oxygens (including phenoxy) is 1. The molecule has 0 fully saturated rings. The Morgan fingerprint density at radius 3 is 2.83 bits per heavy atom. The largest absolute Gasteiger partial charge is 0.450 e. The van der Waals surface area contributed by atoms with Crippen LogP contribution in [0.25, 0.3) is 0 Å². The number of allylic oxidation sites excluding steroid dienone is 1. The Morgan fingerprint density at radius 1 is 1.42 bits per heavy atom. The van der Waals surface area contributed by atoms with Gasteiger partial charge in [0.05, 0.1) is 24.6 Å². The Hall–Kier alpha value is -3.27. The van der Waals surface area contributed by atoms with Crippen molar-refractivity contribution in [1.29, 1.82) is 5.26 Å². The van der Waals surface area contributed by atoms with Crippen LogP contribution >= 0.6 is 0 Å². The quantitative estimate of drug-likeness (QED) is 0.897. The summed E-state index contributed by atoms with van der Waals surface area (Å²) < 4.78 is 5.03. The molecule has 0 saturated carbocycles. The normalized spacial score (nSPS) is 16.8. The number of anilines is 1. The molecule has 24 heavy (non-hydrogen) atoms. The predicted octanol–water partition coefficient (Wildman–Crippen LogP) is 1.95. The van der Waals surface area contributed by atoms with Gasteiger partial charge >= 0.3 is 6.09 Å². The number of nitrogens with zero attached hydrogens (tertiary/aromatic N) is 4. The van der Waals surface area contributed by atoms with Crippen molar-refractivity contribution in [3.63, 3.8) is 0 Å². The monoisotopic (exact) mass is 323 g/mol.